The highest BCUT2D eigenvalue weighted by atomic mass is 16.5. The van der Waals surface area contributed by atoms with E-state index in [-0.39, 0.29) is 5.60 Å². The minimum Gasteiger partial charge on any atom is -0.465 e. The van der Waals surface area contributed by atoms with Crippen LogP contribution in [0.15, 0.2) is 12.3 Å². The monoisotopic (exact) mass is 265 g/mol. The number of pyridine rings is 1. The molecule has 0 spiro atoms. The lowest BCUT2D eigenvalue weighted by Crippen LogP contribution is -2.32. The lowest BCUT2D eigenvalue weighted by Gasteiger charge is -2.23. The number of carbonyl (C=O) groups is 1. The third-order valence-corrected chi connectivity index (χ3v) is 3.28. The number of ether oxygens (including phenoxy) is 2. The second-order valence-electron chi connectivity index (χ2n) is 4.90. The predicted octanol–water partition coefficient (Wildman–Crippen LogP) is 1.43. The van der Waals surface area contributed by atoms with Crippen LogP contribution >= 0.6 is 0 Å². The summed E-state index contributed by atoms with van der Waals surface area (Å²) in [6.45, 7) is 3.50. The van der Waals surface area contributed by atoms with Gasteiger partial charge in [-0.2, -0.15) is 0 Å². The largest absolute Gasteiger partial charge is 0.465 e. The number of methoxy groups -OCH3 is 1. The van der Waals surface area contributed by atoms with Gasteiger partial charge in [0.15, 0.2) is 0 Å². The van der Waals surface area contributed by atoms with Crippen LogP contribution in [0.1, 0.15) is 30.1 Å². The molecule has 0 aromatic carbocycles. The molecule has 1 aromatic rings. The van der Waals surface area contributed by atoms with Crippen LogP contribution < -0.4 is 11.1 Å². The number of nitrogens with two attached hydrogens (primary N) is 1. The maximum absolute atomic E-state index is 11.5. The summed E-state index contributed by atoms with van der Waals surface area (Å²) >= 11 is 0. The van der Waals surface area contributed by atoms with Crippen LogP contribution in [-0.4, -0.2) is 36.8 Å². The Kier molecular flexibility index (Phi) is 3.90. The number of nitrogens with zero attached hydrogens (tertiary/aromatic N) is 1. The number of rotatable bonds is 4. The second-order valence-corrected chi connectivity index (χ2v) is 4.90. The first-order chi connectivity index (χ1) is 9.04. The molecule has 6 heteroatoms. The van der Waals surface area contributed by atoms with Crippen molar-refractivity contribution < 1.29 is 14.3 Å². The van der Waals surface area contributed by atoms with Crippen molar-refractivity contribution in [2.75, 3.05) is 31.3 Å². The van der Waals surface area contributed by atoms with Crippen LogP contribution in [0, 0.1) is 0 Å². The van der Waals surface area contributed by atoms with Gasteiger partial charge in [-0.1, -0.05) is 0 Å². The first-order valence-corrected chi connectivity index (χ1v) is 6.26. The molecule has 19 heavy (non-hydrogen) atoms. The Morgan fingerprint density at radius 2 is 2.47 bits per heavy atom. The number of aromatic nitrogens is 1. The SMILES string of the molecule is COC(=O)c1cc(NCC2(C)CCCO2)ncc1N. The van der Waals surface area contributed by atoms with Gasteiger partial charge in [-0.05, 0) is 25.8 Å². The Bertz CT molecular complexity index is 470. The average molecular weight is 265 g/mol. The summed E-state index contributed by atoms with van der Waals surface area (Å²) in [5.41, 5.74) is 6.15. The third kappa shape index (κ3) is 3.14. The summed E-state index contributed by atoms with van der Waals surface area (Å²) < 4.78 is 10.3. The number of hydrogen-bond acceptors (Lipinski definition) is 6. The fraction of sp³-hybridized carbons (Fsp3) is 0.538. The molecule has 1 unspecified atom stereocenters. The highest BCUT2D eigenvalue weighted by molar-refractivity contribution is 5.95. The zero-order chi connectivity index (χ0) is 13.9. The number of anilines is 2. The number of nitrogens with one attached hydrogen (secondary N) is 1. The summed E-state index contributed by atoms with van der Waals surface area (Å²) in [5.74, 6) is 0.123. The molecule has 0 amide bonds. The molecule has 1 aromatic heterocycles. The quantitative estimate of drug-likeness (QED) is 0.801. The second kappa shape index (κ2) is 5.44. The number of nitrogen functional groups attached to an aromatic ring is 1. The molecule has 0 saturated carbocycles. The molecule has 6 nitrogen and oxygen atoms in total. The van der Waals surface area contributed by atoms with Gasteiger partial charge in [0, 0.05) is 13.2 Å². The van der Waals surface area contributed by atoms with Crippen molar-refractivity contribution >= 4 is 17.5 Å². The molecule has 104 valence electrons. The number of hydrogen-bond donors (Lipinski definition) is 2. The van der Waals surface area contributed by atoms with Gasteiger partial charge in [0.05, 0.1) is 30.2 Å². The Balaban J connectivity index is 2.06. The van der Waals surface area contributed by atoms with Crippen LogP contribution in [0.4, 0.5) is 11.5 Å². The van der Waals surface area contributed by atoms with E-state index in [2.05, 4.69) is 22.0 Å². The zero-order valence-electron chi connectivity index (χ0n) is 11.2. The molecule has 1 atom stereocenters. The van der Waals surface area contributed by atoms with Gasteiger partial charge < -0.3 is 20.5 Å². The first kappa shape index (κ1) is 13.6. The van der Waals surface area contributed by atoms with Gasteiger partial charge in [-0.3, -0.25) is 0 Å². The third-order valence-electron chi connectivity index (χ3n) is 3.28. The van der Waals surface area contributed by atoms with Crippen molar-refractivity contribution in [2.24, 2.45) is 0 Å². The highest BCUT2D eigenvalue weighted by Gasteiger charge is 2.29. The van der Waals surface area contributed by atoms with Crippen LogP contribution in [0.25, 0.3) is 0 Å². The fourth-order valence-electron chi connectivity index (χ4n) is 2.10. The molecule has 3 N–H and O–H groups in total. The van der Waals surface area contributed by atoms with E-state index in [0.29, 0.717) is 23.6 Å². The van der Waals surface area contributed by atoms with Crippen LogP contribution in [0.2, 0.25) is 0 Å². The molecular formula is C13H19N3O3. The van der Waals surface area contributed by atoms with Crippen LogP contribution in [0.3, 0.4) is 0 Å². The van der Waals surface area contributed by atoms with Crippen molar-refractivity contribution in [3.05, 3.63) is 17.8 Å². The molecule has 2 heterocycles. The summed E-state index contributed by atoms with van der Waals surface area (Å²) in [6.07, 6.45) is 3.53. The van der Waals surface area contributed by atoms with E-state index in [9.17, 15) is 4.79 Å². The molecule has 0 aliphatic carbocycles. The summed E-state index contributed by atoms with van der Waals surface area (Å²) in [6, 6.07) is 1.60. The van der Waals surface area contributed by atoms with Crippen molar-refractivity contribution in [2.45, 2.75) is 25.4 Å². The zero-order valence-corrected chi connectivity index (χ0v) is 11.2. The van der Waals surface area contributed by atoms with Crippen molar-refractivity contribution in [3.63, 3.8) is 0 Å². The molecule has 1 aliphatic rings. The number of carbonyl (C=O) groups excluding carboxylic acids is 1. The summed E-state index contributed by atoms with van der Waals surface area (Å²) in [4.78, 5) is 15.7. The lowest BCUT2D eigenvalue weighted by atomic mass is 10.0. The van der Waals surface area contributed by atoms with E-state index in [4.69, 9.17) is 10.5 Å². The maximum Gasteiger partial charge on any atom is 0.340 e. The molecular weight excluding hydrogens is 246 g/mol. The Morgan fingerprint density at radius 1 is 1.68 bits per heavy atom. The van der Waals surface area contributed by atoms with E-state index >= 15 is 0 Å². The van der Waals surface area contributed by atoms with Crippen molar-refractivity contribution in [3.8, 4) is 0 Å². The number of esters is 1. The van der Waals surface area contributed by atoms with E-state index in [1.807, 2.05) is 0 Å². The minimum absolute atomic E-state index is 0.172. The molecule has 1 saturated heterocycles. The average Bonchev–Trinajstić information content (AvgIpc) is 2.84. The van der Waals surface area contributed by atoms with Gasteiger partial charge in [0.25, 0.3) is 0 Å². The van der Waals surface area contributed by atoms with Crippen LogP contribution in [0.5, 0.6) is 0 Å². The van der Waals surface area contributed by atoms with Gasteiger partial charge in [0.1, 0.15) is 5.82 Å². The Labute approximate surface area is 112 Å². The predicted molar refractivity (Wildman–Crippen MR) is 72.1 cm³/mol. The van der Waals surface area contributed by atoms with Crippen LogP contribution in [-0.2, 0) is 9.47 Å². The summed E-state index contributed by atoms with van der Waals surface area (Å²) in [5, 5.41) is 3.17. The van der Waals surface area contributed by atoms with Crippen molar-refractivity contribution in [1.29, 1.82) is 0 Å². The topological polar surface area (TPSA) is 86.5 Å². The molecule has 1 aliphatic heterocycles. The van der Waals surface area contributed by atoms with E-state index in [1.54, 1.807) is 6.07 Å². The van der Waals surface area contributed by atoms with Gasteiger partial charge in [-0.25, -0.2) is 9.78 Å². The first-order valence-electron chi connectivity index (χ1n) is 6.26. The van der Waals surface area contributed by atoms with Gasteiger partial charge in [-0.15, -0.1) is 0 Å². The molecule has 0 radical (unpaired) electrons. The van der Waals surface area contributed by atoms with E-state index in [1.165, 1.54) is 13.3 Å². The standard InChI is InChI=1S/C13H19N3O3/c1-13(4-3-5-19-13)8-16-11-6-9(12(17)18-2)10(14)7-15-11/h6-7H,3-5,8,14H2,1-2H3,(H,15,16). The normalized spacial score (nSPS) is 22.2. The molecule has 0 bridgehead atoms. The smallest absolute Gasteiger partial charge is 0.340 e. The Morgan fingerprint density at radius 3 is 3.11 bits per heavy atom. The lowest BCUT2D eigenvalue weighted by molar-refractivity contribution is 0.0315. The van der Waals surface area contributed by atoms with Gasteiger partial charge in [0.2, 0.25) is 0 Å². The molecule has 2 rings (SSSR count). The minimum atomic E-state index is -0.466. The maximum atomic E-state index is 11.5. The molecule has 1 fully saturated rings. The Hall–Kier alpha value is -1.82. The highest BCUT2D eigenvalue weighted by Crippen LogP contribution is 2.25. The van der Waals surface area contributed by atoms with Gasteiger partial charge >= 0.3 is 5.97 Å². The summed E-state index contributed by atoms with van der Waals surface area (Å²) in [7, 11) is 1.32. The van der Waals surface area contributed by atoms with Crippen molar-refractivity contribution in [1.82, 2.24) is 4.98 Å². The van der Waals surface area contributed by atoms with E-state index in [0.717, 1.165) is 19.4 Å². The van der Waals surface area contributed by atoms with E-state index < -0.39 is 5.97 Å². The fourth-order valence-corrected chi connectivity index (χ4v) is 2.10.